The van der Waals surface area contributed by atoms with Crippen molar-refractivity contribution in [2.45, 2.75) is 70.6 Å². The van der Waals surface area contributed by atoms with Crippen LogP contribution in [0.1, 0.15) is 85.4 Å². The highest BCUT2D eigenvalue weighted by atomic mass is 127. The maximum Gasteiger partial charge on any atom is 0.231 e. The molecule has 1 atom stereocenters. The van der Waals surface area contributed by atoms with Crippen LogP contribution in [0.3, 0.4) is 0 Å². The van der Waals surface area contributed by atoms with Crippen molar-refractivity contribution in [1.29, 1.82) is 0 Å². The second kappa shape index (κ2) is 9.73. The molecule has 0 aliphatic heterocycles. The van der Waals surface area contributed by atoms with Crippen LogP contribution in [0.5, 0.6) is 11.5 Å². The summed E-state index contributed by atoms with van der Waals surface area (Å²) in [5.74, 6) is -1.10. The third-order valence-corrected chi connectivity index (χ3v) is 9.20. The van der Waals surface area contributed by atoms with E-state index in [9.17, 15) is 18.6 Å². The van der Waals surface area contributed by atoms with E-state index in [0.29, 0.717) is 22.3 Å². The highest BCUT2D eigenvalue weighted by molar-refractivity contribution is 14.2. The average molecular weight is 611 g/mol. The first kappa shape index (κ1) is 27.5. The molecule has 3 aromatic carbocycles. The third kappa shape index (κ3) is 4.81. The van der Waals surface area contributed by atoms with Crippen LogP contribution in [0, 0.1) is 19.7 Å². The van der Waals surface area contributed by atoms with Crippen molar-refractivity contribution in [3.63, 3.8) is 0 Å². The van der Waals surface area contributed by atoms with Gasteiger partial charge in [0.05, 0.1) is 26.1 Å². The Balaban J connectivity index is 2.61. The predicted octanol–water partition coefficient (Wildman–Crippen LogP) is 7.58. The molecule has 0 aliphatic rings. The lowest BCUT2D eigenvalue weighted by atomic mass is 9.67. The normalized spacial score (nSPS) is 13.9. The maximum absolute atomic E-state index is 15.5. The summed E-state index contributed by atoms with van der Waals surface area (Å²) in [6.07, 6.45) is 0. The molecule has 0 radical (unpaired) electrons. The second-order valence-electron chi connectivity index (χ2n) is 9.90. The molecular weight excluding hydrogens is 578 g/mol. The number of halogens is 2. The summed E-state index contributed by atoms with van der Waals surface area (Å²) in [7, 11) is -3.66. The quantitative estimate of drug-likeness (QED) is 0.172. The van der Waals surface area contributed by atoms with E-state index >= 15 is 4.39 Å². The molecule has 0 fully saturated rings. The molecule has 0 saturated heterocycles. The number of hydrogen-bond donors (Lipinski definition) is 2. The zero-order chi connectivity index (χ0) is 26.5. The lowest BCUT2D eigenvalue weighted by molar-refractivity contribution is 0.418. The summed E-state index contributed by atoms with van der Waals surface area (Å²) in [6, 6.07) is 12.1. The monoisotopic (exact) mass is 610 g/mol. The van der Waals surface area contributed by atoms with Gasteiger partial charge in [-0.25, -0.2) is 12.8 Å². The lowest BCUT2D eigenvalue weighted by Crippen LogP contribution is -2.30. The Morgan fingerprint density at radius 3 is 1.97 bits per heavy atom. The lowest BCUT2D eigenvalue weighted by Gasteiger charge is -2.37. The van der Waals surface area contributed by atoms with Gasteiger partial charge < -0.3 is 10.2 Å². The molecule has 4 nitrogen and oxygen atoms in total. The van der Waals surface area contributed by atoms with Crippen LogP contribution in [0.15, 0.2) is 47.4 Å². The van der Waals surface area contributed by atoms with Gasteiger partial charge in [0.25, 0.3) is 0 Å². The van der Waals surface area contributed by atoms with E-state index in [1.165, 1.54) is 21.2 Å². The third-order valence-electron chi connectivity index (χ3n) is 6.90. The molecule has 0 aliphatic carbocycles. The molecule has 3 aromatic rings. The Labute approximate surface area is 219 Å². The van der Waals surface area contributed by atoms with Crippen LogP contribution in [0.4, 0.5) is 4.39 Å². The summed E-state index contributed by atoms with van der Waals surface area (Å²) in [4.78, 5) is 0.139. The molecule has 0 heterocycles. The zero-order valence-corrected chi connectivity index (χ0v) is 24.0. The Morgan fingerprint density at radius 2 is 1.43 bits per heavy atom. The SMILES string of the molecule is Cc1cc(O)c(C(C)C)cc1C(C)(c1ccccc1S(=O)(=O)I)c1cc(C(C)C)c(O)c(F)c1C. The summed E-state index contributed by atoms with van der Waals surface area (Å²) >= 11 is 1.43. The summed E-state index contributed by atoms with van der Waals surface area (Å²) < 4.78 is 41.3. The van der Waals surface area contributed by atoms with E-state index in [2.05, 4.69) is 0 Å². The number of benzene rings is 3. The van der Waals surface area contributed by atoms with Crippen LogP contribution >= 0.6 is 21.2 Å². The summed E-state index contributed by atoms with van der Waals surface area (Å²) in [5.41, 5.74) is 2.86. The van der Waals surface area contributed by atoms with Crippen LogP contribution < -0.4 is 0 Å². The van der Waals surface area contributed by atoms with Gasteiger partial charge in [0.1, 0.15) is 5.75 Å². The van der Waals surface area contributed by atoms with Crippen LogP contribution in [-0.2, 0) is 12.4 Å². The predicted molar refractivity (Wildman–Crippen MR) is 147 cm³/mol. The van der Waals surface area contributed by atoms with E-state index in [0.717, 1.165) is 11.1 Å². The molecule has 7 heteroatoms. The van der Waals surface area contributed by atoms with Crippen molar-refractivity contribution >= 4 is 28.2 Å². The fraction of sp³-hybridized carbons (Fsp3) is 0.357. The fourth-order valence-corrected chi connectivity index (χ4v) is 6.88. The van der Waals surface area contributed by atoms with Gasteiger partial charge in [-0.05, 0) is 83.7 Å². The second-order valence-corrected chi connectivity index (χ2v) is 14.7. The van der Waals surface area contributed by atoms with E-state index in [1.54, 1.807) is 43.3 Å². The number of phenolic OH excluding ortho intramolecular Hbond substituents is 2. The minimum absolute atomic E-state index is 0.00558. The van der Waals surface area contributed by atoms with E-state index < -0.39 is 18.2 Å². The van der Waals surface area contributed by atoms with E-state index in [4.69, 9.17) is 0 Å². The van der Waals surface area contributed by atoms with Crippen molar-refractivity contribution in [2.24, 2.45) is 0 Å². The van der Waals surface area contributed by atoms with Gasteiger partial charge in [0.2, 0.25) is 7.01 Å². The molecule has 0 spiro atoms. The Bertz CT molecular complexity index is 1400. The molecule has 188 valence electrons. The number of rotatable bonds is 6. The number of hydrogen-bond acceptors (Lipinski definition) is 4. The van der Waals surface area contributed by atoms with Gasteiger partial charge in [0, 0.05) is 5.41 Å². The van der Waals surface area contributed by atoms with Crippen LogP contribution in [0.25, 0.3) is 0 Å². The standard InChI is InChI=1S/C28H32FIO4S/c1-15(2)19-13-22(17(5)12-24(19)31)28(7,21-10-8-9-11-25(21)35(30,33)34)23-14-20(16(3)4)27(32)26(29)18(23)6/h8-16,31-32H,1-7H3. The topological polar surface area (TPSA) is 74.6 Å². The number of aromatic hydroxyl groups is 2. The van der Waals surface area contributed by atoms with Crippen LogP contribution in [0.2, 0.25) is 0 Å². The average Bonchev–Trinajstić information content (AvgIpc) is 2.76. The molecule has 1 unspecified atom stereocenters. The first-order valence-corrected chi connectivity index (χ1v) is 15.6. The first-order valence-electron chi connectivity index (χ1n) is 11.5. The Hall–Kier alpha value is -2.13. The highest BCUT2D eigenvalue weighted by Gasteiger charge is 2.40. The van der Waals surface area contributed by atoms with Gasteiger partial charge in [-0.1, -0.05) is 58.0 Å². The molecule has 0 bridgehead atoms. The molecule has 0 saturated carbocycles. The van der Waals surface area contributed by atoms with Crippen molar-refractivity contribution in [2.75, 3.05) is 0 Å². The van der Waals surface area contributed by atoms with Crippen molar-refractivity contribution < 1.29 is 23.0 Å². The van der Waals surface area contributed by atoms with Crippen molar-refractivity contribution in [3.8, 4) is 11.5 Å². The summed E-state index contributed by atoms with van der Waals surface area (Å²) in [6.45, 7) is 13.0. The maximum atomic E-state index is 15.5. The highest BCUT2D eigenvalue weighted by Crippen LogP contribution is 2.48. The van der Waals surface area contributed by atoms with E-state index in [1.807, 2.05) is 47.6 Å². The largest absolute Gasteiger partial charge is 0.508 e. The smallest absolute Gasteiger partial charge is 0.231 e. The minimum atomic E-state index is -3.66. The first-order chi connectivity index (χ1) is 16.1. The zero-order valence-electron chi connectivity index (χ0n) is 21.1. The van der Waals surface area contributed by atoms with Gasteiger partial charge in [-0.2, -0.15) is 0 Å². The molecule has 0 amide bonds. The minimum Gasteiger partial charge on any atom is -0.508 e. The van der Waals surface area contributed by atoms with Gasteiger partial charge >= 0.3 is 0 Å². The van der Waals surface area contributed by atoms with Gasteiger partial charge in [-0.15, -0.1) is 0 Å². The molecule has 2 N–H and O–H groups in total. The van der Waals surface area contributed by atoms with Crippen molar-refractivity contribution in [3.05, 3.63) is 87.2 Å². The summed E-state index contributed by atoms with van der Waals surface area (Å²) in [5, 5.41) is 21.2. The Morgan fingerprint density at radius 1 is 0.886 bits per heavy atom. The molecular formula is C28H32FIO4S. The molecule has 35 heavy (non-hydrogen) atoms. The molecule has 3 rings (SSSR count). The Kier molecular flexibility index (Phi) is 7.63. The fourth-order valence-electron chi connectivity index (χ4n) is 4.95. The molecule has 0 aromatic heterocycles. The number of aryl methyl sites for hydroxylation is 1. The number of phenols is 2. The van der Waals surface area contributed by atoms with Crippen LogP contribution in [-0.4, -0.2) is 18.6 Å². The van der Waals surface area contributed by atoms with Crippen molar-refractivity contribution in [1.82, 2.24) is 0 Å². The van der Waals surface area contributed by atoms with Gasteiger partial charge in [-0.3, -0.25) is 0 Å². The van der Waals surface area contributed by atoms with Gasteiger partial charge in [0.15, 0.2) is 11.6 Å². The van der Waals surface area contributed by atoms with E-state index in [-0.39, 0.29) is 33.8 Å².